The predicted octanol–water partition coefficient (Wildman–Crippen LogP) is 2.08. The van der Waals surface area contributed by atoms with Crippen LogP contribution in [0.2, 0.25) is 0 Å². The highest BCUT2D eigenvalue weighted by molar-refractivity contribution is 6.00. The summed E-state index contributed by atoms with van der Waals surface area (Å²) in [6.45, 7) is 3.45. The smallest absolute Gasteiger partial charge is 0.329 e. The Morgan fingerprint density at radius 3 is 2.24 bits per heavy atom. The van der Waals surface area contributed by atoms with Crippen LogP contribution in [-0.4, -0.2) is 36.7 Å². The minimum Gasteiger partial charge on any atom is -0.497 e. The Morgan fingerprint density at radius 2 is 1.81 bits per heavy atom. The number of hydrogen-bond donors (Lipinski definition) is 2. The first-order valence-corrected chi connectivity index (χ1v) is 6.72. The highest BCUT2D eigenvalue weighted by Gasteiger charge is 2.37. The first-order valence-electron chi connectivity index (χ1n) is 6.72. The summed E-state index contributed by atoms with van der Waals surface area (Å²) in [5.74, 6) is -0.700. The van der Waals surface area contributed by atoms with Crippen molar-refractivity contribution >= 4 is 11.9 Å². The molecule has 0 saturated carbocycles. The minimum atomic E-state index is -1.29. The molecule has 0 atom stereocenters. The summed E-state index contributed by atoms with van der Waals surface area (Å²) in [6, 6.07) is 4.79. The van der Waals surface area contributed by atoms with E-state index in [-0.39, 0.29) is 18.4 Å². The first kappa shape index (κ1) is 16.8. The molecule has 2 N–H and O–H groups in total. The lowest BCUT2D eigenvalue weighted by Gasteiger charge is -2.28. The van der Waals surface area contributed by atoms with Crippen LogP contribution in [0.15, 0.2) is 18.2 Å². The summed E-state index contributed by atoms with van der Waals surface area (Å²) < 4.78 is 10.2. The highest BCUT2D eigenvalue weighted by Crippen LogP contribution is 2.25. The molecular weight excluding hydrogens is 274 g/mol. The Balaban J connectivity index is 3.16. The van der Waals surface area contributed by atoms with Gasteiger partial charge in [0.2, 0.25) is 0 Å². The van der Waals surface area contributed by atoms with Gasteiger partial charge in [0.1, 0.15) is 17.0 Å². The molecule has 1 amide bonds. The Bertz CT molecular complexity index is 523. The number of amides is 1. The van der Waals surface area contributed by atoms with E-state index in [1.54, 1.807) is 26.0 Å². The molecule has 0 aliphatic rings. The second kappa shape index (κ2) is 6.97. The lowest BCUT2D eigenvalue weighted by Crippen LogP contribution is -2.53. The second-order valence-electron chi connectivity index (χ2n) is 4.61. The number of aliphatic carboxylic acids is 1. The van der Waals surface area contributed by atoms with Crippen molar-refractivity contribution in [3.63, 3.8) is 0 Å². The van der Waals surface area contributed by atoms with E-state index in [1.165, 1.54) is 20.3 Å². The number of methoxy groups -OCH3 is 2. The van der Waals surface area contributed by atoms with Gasteiger partial charge in [0.25, 0.3) is 5.91 Å². The van der Waals surface area contributed by atoms with E-state index >= 15 is 0 Å². The zero-order valence-corrected chi connectivity index (χ0v) is 12.7. The first-order chi connectivity index (χ1) is 9.93. The highest BCUT2D eigenvalue weighted by atomic mass is 16.5. The molecule has 0 radical (unpaired) electrons. The van der Waals surface area contributed by atoms with Gasteiger partial charge in [-0.2, -0.15) is 0 Å². The van der Waals surface area contributed by atoms with Crippen molar-refractivity contribution in [2.45, 2.75) is 32.2 Å². The summed E-state index contributed by atoms with van der Waals surface area (Å²) >= 11 is 0. The maximum atomic E-state index is 12.4. The zero-order valence-electron chi connectivity index (χ0n) is 12.7. The summed E-state index contributed by atoms with van der Waals surface area (Å²) in [5.41, 5.74) is -1.05. The van der Waals surface area contributed by atoms with E-state index in [0.29, 0.717) is 11.5 Å². The molecule has 0 aromatic heterocycles. The van der Waals surface area contributed by atoms with Gasteiger partial charge < -0.3 is 19.9 Å². The summed E-state index contributed by atoms with van der Waals surface area (Å²) in [6.07, 6.45) is 0.577. The number of ether oxygens (including phenoxy) is 2. The molecule has 21 heavy (non-hydrogen) atoms. The van der Waals surface area contributed by atoms with Crippen LogP contribution >= 0.6 is 0 Å². The quantitative estimate of drug-likeness (QED) is 0.804. The van der Waals surface area contributed by atoms with Crippen LogP contribution in [0.25, 0.3) is 0 Å². The molecular formula is C15H21NO5. The standard InChI is InChI=1S/C15H21NO5/c1-5-15(6-2,14(18)19)16-13(17)11-9-10(20-3)7-8-12(11)21-4/h7-9H,5-6H2,1-4H3,(H,16,17)(H,18,19). The molecule has 1 aromatic rings. The predicted molar refractivity (Wildman–Crippen MR) is 78.0 cm³/mol. The number of nitrogens with one attached hydrogen (secondary N) is 1. The fraction of sp³-hybridized carbons (Fsp3) is 0.467. The molecule has 0 unspecified atom stereocenters. The maximum absolute atomic E-state index is 12.4. The van der Waals surface area contributed by atoms with E-state index in [9.17, 15) is 14.7 Å². The summed E-state index contributed by atoms with van der Waals surface area (Å²) in [5, 5.41) is 12.0. The fourth-order valence-corrected chi connectivity index (χ4v) is 2.06. The number of hydrogen-bond acceptors (Lipinski definition) is 4. The molecule has 1 aromatic carbocycles. The zero-order chi connectivity index (χ0) is 16.0. The number of carbonyl (C=O) groups is 2. The van der Waals surface area contributed by atoms with Crippen LogP contribution in [-0.2, 0) is 4.79 Å². The number of rotatable bonds is 7. The molecule has 0 spiro atoms. The SMILES string of the molecule is CCC(CC)(NC(=O)c1cc(OC)ccc1OC)C(=O)O. The molecule has 0 bridgehead atoms. The summed E-state index contributed by atoms with van der Waals surface area (Å²) in [7, 11) is 2.94. The van der Waals surface area contributed by atoms with Gasteiger partial charge in [0.15, 0.2) is 0 Å². The molecule has 0 aliphatic heterocycles. The van der Waals surface area contributed by atoms with Gasteiger partial charge >= 0.3 is 5.97 Å². The van der Waals surface area contributed by atoms with Crippen molar-refractivity contribution in [3.05, 3.63) is 23.8 Å². The molecule has 6 nitrogen and oxygen atoms in total. The lowest BCUT2D eigenvalue weighted by atomic mass is 9.92. The van der Waals surface area contributed by atoms with E-state index in [1.807, 2.05) is 0 Å². The summed E-state index contributed by atoms with van der Waals surface area (Å²) in [4.78, 5) is 23.9. The Labute approximate surface area is 124 Å². The van der Waals surface area contributed by atoms with E-state index in [4.69, 9.17) is 9.47 Å². The van der Waals surface area contributed by atoms with Crippen molar-refractivity contribution in [2.24, 2.45) is 0 Å². The van der Waals surface area contributed by atoms with Crippen LogP contribution in [0.4, 0.5) is 0 Å². The molecule has 116 valence electrons. The number of carbonyl (C=O) groups excluding carboxylic acids is 1. The topological polar surface area (TPSA) is 84.9 Å². The Kier molecular flexibility index (Phi) is 5.58. The average molecular weight is 295 g/mol. The van der Waals surface area contributed by atoms with Crippen molar-refractivity contribution in [1.29, 1.82) is 0 Å². The van der Waals surface area contributed by atoms with Crippen LogP contribution in [0.5, 0.6) is 11.5 Å². The monoisotopic (exact) mass is 295 g/mol. The molecule has 1 rings (SSSR count). The largest absolute Gasteiger partial charge is 0.497 e. The molecule has 0 heterocycles. The van der Waals surface area contributed by atoms with Gasteiger partial charge in [-0.25, -0.2) is 4.79 Å². The normalized spacial score (nSPS) is 10.9. The Morgan fingerprint density at radius 1 is 1.19 bits per heavy atom. The van der Waals surface area contributed by atoms with E-state index < -0.39 is 17.4 Å². The van der Waals surface area contributed by atoms with Crippen LogP contribution in [0, 0.1) is 0 Å². The average Bonchev–Trinajstić information content (AvgIpc) is 2.51. The van der Waals surface area contributed by atoms with Gasteiger partial charge in [-0.15, -0.1) is 0 Å². The minimum absolute atomic E-state index is 0.240. The van der Waals surface area contributed by atoms with Crippen molar-refractivity contribution < 1.29 is 24.2 Å². The van der Waals surface area contributed by atoms with Gasteiger partial charge in [-0.05, 0) is 31.0 Å². The third-order valence-electron chi connectivity index (χ3n) is 3.62. The van der Waals surface area contributed by atoms with Gasteiger partial charge in [0.05, 0.1) is 19.8 Å². The van der Waals surface area contributed by atoms with E-state index in [0.717, 1.165) is 0 Å². The van der Waals surface area contributed by atoms with Crippen LogP contribution in [0.1, 0.15) is 37.0 Å². The second-order valence-corrected chi connectivity index (χ2v) is 4.61. The van der Waals surface area contributed by atoms with Gasteiger partial charge in [-0.1, -0.05) is 13.8 Å². The molecule has 6 heteroatoms. The molecule has 0 aliphatic carbocycles. The van der Waals surface area contributed by atoms with Crippen molar-refractivity contribution in [2.75, 3.05) is 14.2 Å². The maximum Gasteiger partial charge on any atom is 0.329 e. The van der Waals surface area contributed by atoms with Gasteiger partial charge in [0, 0.05) is 0 Å². The van der Waals surface area contributed by atoms with E-state index in [2.05, 4.69) is 5.32 Å². The number of carboxylic acids is 1. The van der Waals surface area contributed by atoms with Crippen LogP contribution < -0.4 is 14.8 Å². The van der Waals surface area contributed by atoms with Crippen LogP contribution in [0.3, 0.4) is 0 Å². The van der Waals surface area contributed by atoms with Crippen molar-refractivity contribution in [1.82, 2.24) is 5.32 Å². The molecule has 0 fully saturated rings. The number of carboxylic acid groups (broad SMARTS) is 1. The third-order valence-corrected chi connectivity index (χ3v) is 3.62. The molecule has 0 saturated heterocycles. The Hall–Kier alpha value is -2.24. The third kappa shape index (κ3) is 3.45. The van der Waals surface area contributed by atoms with Gasteiger partial charge in [-0.3, -0.25) is 4.79 Å². The van der Waals surface area contributed by atoms with Crippen molar-refractivity contribution in [3.8, 4) is 11.5 Å². The number of benzene rings is 1. The fourth-order valence-electron chi connectivity index (χ4n) is 2.06. The lowest BCUT2D eigenvalue weighted by molar-refractivity contribution is -0.144.